The number of nitrogens with one attached hydrogen (secondary N) is 1. The molecule has 0 aliphatic heterocycles. The summed E-state index contributed by atoms with van der Waals surface area (Å²) in [5.41, 5.74) is 2.38. The van der Waals surface area contributed by atoms with Gasteiger partial charge in [0.15, 0.2) is 5.76 Å². The topological polar surface area (TPSA) is 98.7 Å². The largest absolute Gasteiger partial charge is 0.459 e. The number of fused-ring (bicyclic) bond motifs is 1. The summed E-state index contributed by atoms with van der Waals surface area (Å²) in [6, 6.07) is 7.32. The van der Waals surface area contributed by atoms with Gasteiger partial charge in [-0.1, -0.05) is 26.0 Å². The Morgan fingerprint density at radius 2 is 1.93 bits per heavy atom. The van der Waals surface area contributed by atoms with Crippen LogP contribution < -0.4 is 10.9 Å². The van der Waals surface area contributed by atoms with E-state index in [1.54, 1.807) is 19.9 Å². The van der Waals surface area contributed by atoms with Gasteiger partial charge in [-0.05, 0) is 43.0 Å². The van der Waals surface area contributed by atoms with Crippen LogP contribution in [-0.2, 0) is 16.1 Å². The van der Waals surface area contributed by atoms with Crippen LogP contribution >= 0.6 is 0 Å². The molecule has 0 saturated carbocycles. The fourth-order valence-corrected chi connectivity index (χ4v) is 3.00. The highest BCUT2D eigenvalue weighted by Gasteiger charge is 2.27. The predicted octanol–water partition coefficient (Wildman–Crippen LogP) is 3.50. The zero-order valence-corrected chi connectivity index (χ0v) is 16.8. The number of furan rings is 1. The standard InChI is InChI=1S/C22H23NO6/c1-12(2)19(23-21(25)17-6-5-9-27-17)22(26)28-11-15-10-18(24)29-20-14(4)13(3)7-8-16(15)20/h5-10,12,19H,11H2,1-4H3,(H,23,25)/t19-/m0/s1. The number of carbonyl (C=O) groups excluding carboxylic acids is 2. The highest BCUT2D eigenvalue weighted by molar-refractivity contribution is 5.94. The van der Waals surface area contributed by atoms with Crippen molar-refractivity contribution in [1.29, 1.82) is 0 Å². The molecule has 29 heavy (non-hydrogen) atoms. The molecule has 0 aliphatic carbocycles. The Labute approximate surface area is 167 Å². The SMILES string of the molecule is Cc1ccc2c(COC(=O)[C@@H](NC(=O)c3ccco3)C(C)C)cc(=O)oc2c1C. The molecule has 3 aromatic rings. The third kappa shape index (κ3) is 4.39. The second-order valence-corrected chi connectivity index (χ2v) is 7.25. The number of carbonyl (C=O) groups is 2. The van der Waals surface area contributed by atoms with Crippen LogP contribution in [0.25, 0.3) is 11.0 Å². The minimum absolute atomic E-state index is 0.108. The molecular weight excluding hydrogens is 374 g/mol. The summed E-state index contributed by atoms with van der Waals surface area (Å²) in [6.07, 6.45) is 1.38. The van der Waals surface area contributed by atoms with Crippen LogP contribution in [0.1, 0.15) is 41.1 Å². The van der Waals surface area contributed by atoms with E-state index in [1.165, 1.54) is 18.4 Å². The van der Waals surface area contributed by atoms with Gasteiger partial charge in [-0.2, -0.15) is 0 Å². The van der Waals surface area contributed by atoms with Gasteiger partial charge in [-0.3, -0.25) is 4.79 Å². The number of aryl methyl sites for hydroxylation is 2. The van der Waals surface area contributed by atoms with Gasteiger partial charge >= 0.3 is 11.6 Å². The number of hydrogen-bond acceptors (Lipinski definition) is 6. The van der Waals surface area contributed by atoms with E-state index in [2.05, 4.69) is 5.32 Å². The summed E-state index contributed by atoms with van der Waals surface area (Å²) in [4.78, 5) is 36.8. The number of ether oxygens (including phenoxy) is 1. The van der Waals surface area contributed by atoms with Gasteiger partial charge in [0.25, 0.3) is 5.91 Å². The van der Waals surface area contributed by atoms with Gasteiger partial charge in [0, 0.05) is 17.0 Å². The Balaban J connectivity index is 1.79. The van der Waals surface area contributed by atoms with E-state index in [4.69, 9.17) is 13.6 Å². The summed E-state index contributed by atoms with van der Waals surface area (Å²) >= 11 is 0. The first-order chi connectivity index (χ1) is 13.8. The molecule has 7 nitrogen and oxygen atoms in total. The number of hydrogen-bond donors (Lipinski definition) is 1. The molecule has 1 atom stereocenters. The highest BCUT2D eigenvalue weighted by atomic mass is 16.5. The van der Waals surface area contributed by atoms with Crippen LogP contribution in [0, 0.1) is 19.8 Å². The van der Waals surface area contributed by atoms with Crippen molar-refractivity contribution in [1.82, 2.24) is 5.32 Å². The van der Waals surface area contributed by atoms with Crippen molar-refractivity contribution in [2.24, 2.45) is 5.92 Å². The highest BCUT2D eigenvalue weighted by Crippen LogP contribution is 2.24. The Morgan fingerprint density at radius 3 is 2.59 bits per heavy atom. The quantitative estimate of drug-likeness (QED) is 0.505. The number of amides is 1. The third-order valence-electron chi connectivity index (χ3n) is 4.84. The molecule has 3 rings (SSSR count). The maximum absolute atomic E-state index is 12.6. The zero-order chi connectivity index (χ0) is 21.1. The van der Waals surface area contributed by atoms with Crippen molar-refractivity contribution in [3.05, 3.63) is 69.5 Å². The van der Waals surface area contributed by atoms with Gasteiger partial charge in [-0.25, -0.2) is 9.59 Å². The number of esters is 1. The molecule has 1 aromatic carbocycles. The molecule has 0 fully saturated rings. The maximum Gasteiger partial charge on any atom is 0.336 e. The van der Waals surface area contributed by atoms with Crippen molar-refractivity contribution < 1.29 is 23.2 Å². The van der Waals surface area contributed by atoms with Crippen molar-refractivity contribution in [3.8, 4) is 0 Å². The van der Waals surface area contributed by atoms with E-state index < -0.39 is 23.5 Å². The minimum Gasteiger partial charge on any atom is -0.459 e. The van der Waals surface area contributed by atoms with Crippen molar-refractivity contribution in [2.75, 3.05) is 0 Å². The molecule has 0 aliphatic rings. The van der Waals surface area contributed by atoms with Crippen molar-refractivity contribution in [2.45, 2.75) is 40.3 Å². The molecule has 0 spiro atoms. The summed E-state index contributed by atoms with van der Waals surface area (Å²) < 4.78 is 15.8. The summed E-state index contributed by atoms with van der Waals surface area (Å²) in [7, 11) is 0. The van der Waals surface area contributed by atoms with E-state index in [9.17, 15) is 14.4 Å². The average Bonchev–Trinajstić information content (AvgIpc) is 3.21. The van der Waals surface area contributed by atoms with Gasteiger partial charge in [0.2, 0.25) is 0 Å². The molecule has 0 saturated heterocycles. The van der Waals surface area contributed by atoms with Crippen LogP contribution in [0.3, 0.4) is 0 Å². The molecule has 1 amide bonds. The monoisotopic (exact) mass is 397 g/mol. The maximum atomic E-state index is 12.6. The molecule has 0 radical (unpaired) electrons. The molecule has 0 unspecified atom stereocenters. The van der Waals surface area contributed by atoms with E-state index >= 15 is 0 Å². The van der Waals surface area contributed by atoms with Gasteiger partial charge in [0.05, 0.1) is 6.26 Å². The lowest BCUT2D eigenvalue weighted by Gasteiger charge is -2.20. The first kappa shape index (κ1) is 20.4. The summed E-state index contributed by atoms with van der Waals surface area (Å²) in [6.45, 7) is 7.29. The summed E-state index contributed by atoms with van der Waals surface area (Å²) in [5.74, 6) is -1.18. The lowest BCUT2D eigenvalue weighted by atomic mass is 10.0. The van der Waals surface area contributed by atoms with E-state index in [0.717, 1.165) is 11.1 Å². The zero-order valence-electron chi connectivity index (χ0n) is 16.8. The number of rotatable bonds is 6. The van der Waals surface area contributed by atoms with Crippen molar-refractivity contribution >= 4 is 22.8 Å². The predicted molar refractivity (Wildman–Crippen MR) is 107 cm³/mol. The van der Waals surface area contributed by atoms with E-state index in [-0.39, 0.29) is 18.3 Å². The Bertz CT molecular complexity index is 1090. The second-order valence-electron chi connectivity index (χ2n) is 7.25. The molecule has 152 valence electrons. The first-order valence-corrected chi connectivity index (χ1v) is 9.32. The Hall–Kier alpha value is -3.35. The summed E-state index contributed by atoms with van der Waals surface area (Å²) in [5, 5.41) is 3.34. The third-order valence-corrected chi connectivity index (χ3v) is 4.84. The second kappa shape index (κ2) is 8.34. The van der Waals surface area contributed by atoms with Crippen LogP contribution in [0.5, 0.6) is 0 Å². The lowest BCUT2D eigenvalue weighted by Crippen LogP contribution is -2.45. The Kier molecular flexibility index (Phi) is 5.87. The minimum atomic E-state index is -0.858. The lowest BCUT2D eigenvalue weighted by molar-refractivity contribution is -0.148. The fourth-order valence-electron chi connectivity index (χ4n) is 3.00. The average molecular weight is 397 g/mol. The van der Waals surface area contributed by atoms with Crippen LogP contribution in [0.15, 0.2) is 50.2 Å². The van der Waals surface area contributed by atoms with E-state index in [1.807, 2.05) is 26.0 Å². The van der Waals surface area contributed by atoms with Crippen molar-refractivity contribution in [3.63, 3.8) is 0 Å². The molecule has 7 heteroatoms. The molecular formula is C22H23NO6. The van der Waals surface area contributed by atoms with E-state index in [0.29, 0.717) is 16.5 Å². The van der Waals surface area contributed by atoms with Crippen LogP contribution in [0.4, 0.5) is 0 Å². The van der Waals surface area contributed by atoms with Gasteiger partial charge in [-0.15, -0.1) is 0 Å². The van der Waals surface area contributed by atoms with Crippen LogP contribution in [0.2, 0.25) is 0 Å². The molecule has 1 N–H and O–H groups in total. The first-order valence-electron chi connectivity index (χ1n) is 9.32. The van der Waals surface area contributed by atoms with Gasteiger partial charge < -0.3 is 18.9 Å². The number of benzene rings is 1. The smallest absolute Gasteiger partial charge is 0.336 e. The van der Waals surface area contributed by atoms with Gasteiger partial charge in [0.1, 0.15) is 18.2 Å². The van der Waals surface area contributed by atoms with Crippen LogP contribution in [-0.4, -0.2) is 17.9 Å². The molecule has 0 bridgehead atoms. The molecule has 2 heterocycles. The molecule has 2 aromatic heterocycles. The normalized spacial score (nSPS) is 12.2. The fraction of sp³-hybridized carbons (Fsp3) is 0.318. The Morgan fingerprint density at radius 1 is 1.17 bits per heavy atom.